The maximum absolute atomic E-state index is 12.9. The second-order valence-electron chi connectivity index (χ2n) is 7.46. The van der Waals surface area contributed by atoms with Crippen molar-refractivity contribution in [1.82, 2.24) is 9.80 Å². The summed E-state index contributed by atoms with van der Waals surface area (Å²) >= 11 is 0. The monoisotopic (exact) mass is 417 g/mol. The lowest BCUT2D eigenvalue weighted by atomic mass is 9.93. The highest BCUT2D eigenvalue weighted by Crippen LogP contribution is 2.24. The Kier molecular flexibility index (Phi) is 10.1. The number of carbonyl (C=O) groups is 1. The van der Waals surface area contributed by atoms with Crippen molar-refractivity contribution >= 4 is 30.7 Å². The molecular weight excluding hydrogens is 385 g/mol. The van der Waals surface area contributed by atoms with Crippen LogP contribution in [0.4, 0.5) is 0 Å². The zero-order chi connectivity index (χ0) is 17.8. The molecule has 154 valence electrons. The normalized spacial score (nSPS) is 23.7. The maximum Gasteiger partial charge on any atom is 0.227 e. The first-order valence-corrected chi connectivity index (χ1v) is 9.51. The lowest BCUT2D eigenvalue weighted by molar-refractivity contribution is -0.137. The second-order valence-corrected chi connectivity index (χ2v) is 7.46. The highest BCUT2D eigenvalue weighted by molar-refractivity contribution is 5.85. The third-order valence-electron chi connectivity index (χ3n) is 5.68. The number of nitrogens with two attached hydrogens (primary N) is 1. The predicted octanol–water partition coefficient (Wildman–Crippen LogP) is 2.88. The summed E-state index contributed by atoms with van der Waals surface area (Å²) in [5.41, 5.74) is 7.36. The molecule has 0 aliphatic carbocycles. The fourth-order valence-corrected chi connectivity index (χ4v) is 4.03. The number of ether oxygens (including phenoxy) is 1. The van der Waals surface area contributed by atoms with E-state index in [1.54, 1.807) is 0 Å². The smallest absolute Gasteiger partial charge is 0.227 e. The minimum Gasteiger partial charge on any atom is -0.376 e. The van der Waals surface area contributed by atoms with E-state index in [-0.39, 0.29) is 42.7 Å². The summed E-state index contributed by atoms with van der Waals surface area (Å²) in [4.78, 5) is 17.4. The van der Waals surface area contributed by atoms with E-state index >= 15 is 0 Å². The molecule has 7 heteroatoms. The Morgan fingerprint density at radius 3 is 2.37 bits per heavy atom. The molecule has 5 nitrogen and oxygen atoms in total. The first kappa shape index (κ1) is 24.2. The van der Waals surface area contributed by atoms with Gasteiger partial charge in [0.15, 0.2) is 0 Å². The molecule has 2 fully saturated rings. The summed E-state index contributed by atoms with van der Waals surface area (Å²) in [6, 6.07) is 10.3. The van der Waals surface area contributed by atoms with Gasteiger partial charge in [0.2, 0.25) is 5.91 Å². The molecule has 3 rings (SSSR count). The molecule has 0 bridgehead atoms. The number of benzene rings is 1. The van der Waals surface area contributed by atoms with Crippen LogP contribution in [0.1, 0.15) is 38.3 Å². The van der Waals surface area contributed by atoms with E-state index < -0.39 is 0 Å². The Labute approximate surface area is 175 Å². The molecule has 1 aromatic carbocycles. The molecule has 27 heavy (non-hydrogen) atoms. The Balaban J connectivity index is 0.00000182. The third kappa shape index (κ3) is 6.06. The van der Waals surface area contributed by atoms with Gasteiger partial charge in [-0.25, -0.2) is 0 Å². The summed E-state index contributed by atoms with van der Waals surface area (Å²) in [5.74, 6) is -0.00694. The van der Waals surface area contributed by atoms with Gasteiger partial charge < -0.3 is 15.4 Å². The Morgan fingerprint density at radius 1 is 1.15 bits per heavy atom. The number of likely N-dealkylation sites (tertiary alicyclic amines) is 1. The second kappa shape index (κ2) is 11.2. The molecule has 3 atom stereocenters. The van der Waals surface area contributed by atoms with Crippen LogP contribution >= 0.6 is 24.8 Å². The largest absolute Gasteiger partial charge is 0.376 e. The zero-order valence-electron chi connectivity index (χ0n) is 16.3. The van der Waals surface area contributed by atoms with Crippen LogP contribution < -0.4 is 5.73 Å². The molecule has 0 aromatic heterocycles. The van der Waals surface area contributed by atoms with Crippen molar-refractivity contribution in [2.45, 2.75) is 44.9 Å². The Bertz CT molecular complexity index is 568. The van der Waals surface area contributed by atoms with Crippen LogP contribution in [-0.2, 0) is 9.53 Å². The summed E-state index contributed by atoms with van der Waals surface area (Å²) in [7, 11) is 0. The molecule has 2 aliphatic rings. The average Bonchev–Trinajstić information content (AvgIpc) is 2.67. The van der Waals surface area contributed by atoms with Gasteiger partial charge in [0.25, 0.3) is 0 Å². The van der Waals surface area contributed by atoms with Crippen molar-refractivity contribution in [3.8, 4) is 0 Å². The van der Waals surface area contributed by atoms with Crippen LogP contribution in [0, 0.1) is 5.92 Å². The van der Waals surface area contributed by atoms with Crippen LogP contribution in [0.25, 0.3) is 0 Å². The maximum atomic E-state index is 12.9. The van der Waals surface area contributed by atoms with E-state index in [2.05, 4.69) is 11.8 Å². The lowest BCUT2D eigenvalue weighted by Crippen LogP contribution is -2.52. The fourth-order valence-electron chi connectivity index (χ4n) is 4.03. The molecule has 2 saturated heterocycles. The van der Waals surface area contributed by atoms with Crippen molar-refractivity contribution in [2.75, 3.05) is 32.8 Å². The highest BCUT2D eigenvalue weighted by Gasteiger charge is 2.32. The van der Waals surface area contributed by atoms with Gasteiger partial charge in [-0.05, 0) is 25.3 Å². The lowest BCUT2D eigenvalue weighted by Gasteiger charge is -2.42. The minimum atomic E-state index is -0.244. The van der Waals surface area contributed by atoms with Gasteiger partial charge in [0.05, 0.1) is 18.6 Å². The van der Waals surface area contributed by atoms with E-state index in [0.29, 0.717) is 12.1 Å². The van der Waals surface area contributed by atoms with Gasteiger partial charge in [0, 0.05) is 38.3 Å². The number of halogens is 2. The Morgan fingerprint density at radius 2 is 1.78 bits per heavy atom. The molecule has 1 amide bonds. The van der Waals surface area contributed by atoms with Crippen molar-refractivity contribution in [2.24, 2.45) is 11.7 Å². The fraction of sp³-hybridized carbons (Fsp3) is 0.650. The summed E-state index contributed by atoms with van der Waals surface area (Å²) in [6.45, 7) is 8.60. The molecule has 2 N–H and O–H groups in total. The molecule has 0 saturated carbocycles. The van der Waals surface area contributed by atoms with Crippen molar-refractivity contribution in [3.63, 3.8) is 0 Å². The van der Waals surface area contributed by atoms with Crippen LogP contribution in [0.15, 0.2) is 30.3 Å². The Hall–Kier alpha value is -0.850. The van der Waals surface area contributed by atoms with Crippen molar-refractivity contribution in [1.29, 1.82) is 0 Å². The molecule has 1 aromatic rings. The van der Waals surface area contributed by atoms with E-state index in [1.165, 1.54) is 0 Å². The van der Waals surface area contributed by atoms with Gasteiger partial charge in [-0.1, -0.05) is 37.3 Å². The molecule has 2 aliphatic heterocycles. The van der Waals surface area contributed by atoms with Crippen molar-refractivity contribution < 1.29 is 9.53 Å². The molecule has 0 radical (unpaired) electrons. The number of hydrogen-bond acceptors (Lipinski definition) is 4. The number of morpholine rings is 1. The molecular formula is C20H33Cl2N3O2. The number of carbonyl (C=O) groups excluding carboxylic acids is 1. The number of piperidine rings is 1. The summed E-state index contributed by atoms with van der Waals surface area (Å²) in [6.07, 6.45) is 2.41. The van der Waals surface area contributed by atoms with Gasteiger partial charge >= 0.3 is 0 Å². The number of rotatable bonds is 4. The SMILES string of the molecule is CC1CN(C2CCN(C(=O)C(C)C(N)c3ccccc3)CC2)CCO1.Cl.Cl. The molecule has 3 unspecified atom stereocenters. The van der Waals surface area contributed by atoms with Gasteiger partial charge in [-0.3, -0.25) is 9.69 Å². The van der Waals surface area contributed by atoms with Gasteiger partial charge in [-0.15, -0.1) is 24.8 Å². The summed E-state index contributed by atoms with van der Waals surface area (Å²) in [5, 5.41) is 0. The van der Waals surface area contributed by atoms with Crippen LogP contribution in [-0.4, -0.2) is 60.6 Å². The third-order valence-corrected chi connectivity index (χ3v) is 5.68. The molecule has 2 heterocycles. The average molecular weight is 418 g/mol. The first-order chi connectivity index (χ1) is 12.1. The summed E-state index contributed by atoms with van der Waals surface area (Å²) < 4.78 is 5.64. The molecule has 0 spiro atoms. The van der Waals surface area contributed by atoms with Gasteiger partial charge in [0.1, 0.15) is 0 Å². The topological polar surface area (TPSA) is 58.8 Å². The van der Waals surface area contributed by atoms with E-state index in [4.69, 9.17) is 10.5 Å². The van der Waals surface area contributed by atoms with E-state index in [9.17, 15) is 4.79 Å². The van der Waals surface area contributed by atoms with Crippen molar-refractivity contribution in [3.05, 3.63) is 35.9 Å². The number of nitrogens with zero attached hydrogens (tertiary/aromatic N) is 2. The van der Waals surface area contributed by atoms with E-state index in [0.717, 1.165) is 51.2 Å². The van der Waals surface area contributed by atoms with Crippen LogP contribution in [0.2, 0.25) is 0 Å². The highest BCUT2D eigenvalue weighted by atomic mass is 35.5. The minimum absolute atomic E-state index is 0. The van der Waals surface area contributed by atoms with Crippen LogP contribution in [0.5, 0.6) is 0 Å². The predicted molar refractivity (Wildman–Crippen MR) is 114 cm³/mol. The zero-order valence-corrected chi connectivity index (χ0v) is 17.9. The van der Waals surface area contributed by atoms with E-state index in [1.807, 2.05) is 42.2 Å². The van der Waals surface area contributed by atoms with Crippen LogP contribution in [0.3, 0.4) is 0 Å². The standard InChI is InChI=1S/C20H31N3O2.2ClH/c1-15-14-23(12-13-25-15)18-8-10-22(11-9-18)20(24)16(2)19(21)17-6-4-3-5-7-17;;/h3-7,15-16,18-19H,8-14,21H2,1-2H3;2*1H. The first-order valence-electron chi connectivity index (χ1n) is 9.51. The number of amides is 1. The van der Waals surface area contributed by atoms with Gasteiger partial charge in [-0.2, -0.15) is 0 Å². The quantitative estimate of drug-likeness (QED) is 0.817. The number of hydrogen-bond donors (Lipinski definition) is 1.